The van der Waals surface area contributed by atoms with Gasteiger partial charge < -0.3 is 21.1 Å². The monoisotopic (exact) mass is 189 g/mol. The molecule has 0 aromatic carbocycles. The van der Waals surface area contributed by atoms with Gasteiger partial charge in [0.1, 0.15) is 0 Å². The van der Waals surface area contributed by atoms with Gasteiger partial charge in [0.15, 0.2) is 0 Å². The predicted octanol–water partition coefficient (Wildman–Crippen LogP) is -1.63. The van der Waals surface area contributed by atoms with Gasteiger partial charge in [-0.3, -0.25) is 4.79 Å². The van der Waals surface area contributed by atoms with Gasteiger partial charge >= 0.3 is 0 Å². The lowest BCUT2D eigenvalue weighted by Gasteiger charge is -2.15. The first-order valence-electron chi connectivity index (χ1n) is 4.34. The molecule has 0 heterocycles. The second-order valence-corrected chi connectivity index (χ2v) is 3.34. The first kappa shape index (κ1) is 12.3. The van der Waals surface area contributed by atoms with E-state index in [0.717, 1.165) is 0 Å². The number of amides is 1. The molecule has 0 bridgehead atoms. The van der Waals surface area contributed by atoms with Crippen LogP contribution < -0.4 is 11.1 Å². The highest BCUT2D eigenvalue weighted by Gasteiger charge is 2.04. The van der Waals surface area contributed by atoms with E-state index in [-0.39, 0.29) is 5.91 Å². The topological polar surface area (TPSA) is 78.6 Å². The molecule has 1 atom stereocenters. The minimum atomic E-state index is -0.400. The number of likely N-dealkylation sites (N-methyl/N-ethyl adjacent to an activating group) is 1. The lowest BCUT2D eigenvalue weighted by Crippen LogP contribution is -2.36. The second-order valence-electron chi connectivity index (χ2n) is 3.34. The molecule has 0 aromatic rings. The van der Waals surface area contributed by atoms with Gasteiger partial charge in [-0.1, -0.05) is 0 Å². The second kappa shape index (κ2) is 6.82. The summed E-state index contributed by atoms with van der Waals surface area (Å²) in [5.74, 6) is -0.324. The highest BCUT2D eigenvalue weighted by molar-refractivity contribution is 5.73. The number of primary amides is 1. The van der Waals surface area contributed by atoms with Crippen molar-refractivity contribution in [3.8, 4) is 0 Å². The molecular formula is C8H19N3O2. The zero-order valence-corrected chi connectivity index (χ0v) is 8.29. The maximum atomic E-state index is 10.3. The number of aliphatic hydroxyl groups is 1. The molecule has 0 fully saturated rings. The maximum Gasteiger partial charge on any atom is 0.218 e. The molecule has 0 aliphatic carbocycles. The average molecular weight is 189 g/mol. The summed E-state index contributed by atoms with van der Waals surface area (Å²) in [6.07, 6.45) is -0.0859. The number of carbonyl (C=O) groups excluding carboxylic acids is 1. The van der Waals surface area contributed by atoms with E-state index in [4.69, 9.17) is 5.73 Å². The maximum absolute atomic E-state index is 10.3. The van der Waals surface area contributed by atoms with E-state index in [1.807, 2.05) is 19.0 Å². The highest BCUT2D eigenvalue weighted by Crippen LogP contribution is 1.84. The van der Waals surface area contributed by atoms with Crippen molar-refractivity contribution >= 4 is 5.91 Å². The van der Waals surface area contributed by atoms with Crippen molar-refractivity contribution in [2.45, 2.75) is 12.5 Å². The first-order valence-corrected chi connectivity index (χ1v) is 4.34. The summed E-state index contributed by atoms with van der Waals surface area (Å²) in [5, 5.41) is 12.3. The summed E-state index contributed by atoms with van der Waals surface area (Å²) < 4.78 is 0. The van der Waals surface area contributed by atoms with Crippen molar-refractivity contribution in [1.29, 1.82) is 0 Å². The molecule has 0 radical (unpaired) electrons. The first-order chi connectivity index (χ1) is 6.02. The van der Waals surface area contributed by atoms with Crippen LogP contribution in [0.4, 0.5) is 0 Å². The Hall–Kier alpha value is -0.650. The molecule has 4 N–H and O–H groups in total. The largest absolute Gasteiger partial charge is 0.390 e. The number of hydrogen-bond acceptors (Lipinski definition) is 4. The van der Waals surface area contributed by atoms with E-state index < -0.39 is 6.10 Å². The van der Waals surface area contributed by atoms with Crippen LogP contribution in [-0.2, 0) is 4.79 Å². The fourth-order valence-electron chi connectivity index (χ4n) is 0.966. The summed E-state index contributed by atoms with van der Waals surface area (Å²) in [7, 11) is 3.79. The Balaban J connectivity index is 3.26. The smallest absolute Gasteiger partial charge is 0.218 e. The third-order valence-corrected chi connectivity index (χ3v) is 1.50. The van der Waals surface area contributed by atoms with E-state index in [9.17, 15) is 9.90 Å². The van der Waals surface area contributed by atoms with Crippen LogP contribution in [0, 0.1) is 0 Å². The normalized spacial score (nSPS) is 13.2. The summed E-state index contributed by atoms with van der Waals surface area (Å²) in [4.78, 5) is 12.2. The molecule has 13 heavy (non-hydrogen) atoms. The van der Waals surface area contributed by atoms with Crippen LogP contribution in [-0.4, -0.2) is 55.7 Å². The molecule has 1 unspecified atom stereocenters. The molecule has 78 valence electrons. The minimum absolute atomic E-state index is 0.314. The SMILES string of the molecule is CN(C)CC(O)CNCCC(N)=O. The molecule has 5 nitrogen and oxygen atoms in total. The summed E-state index contributed by atoms with van der Waals surface area (Å²) in [6, 6.07) is 0. The number of nitrogens with zero attached hydrogens (tertiary/aromatic N) is 1. The number of aliphatic hydroxyl groups excluding tert-OH is 1. The van der Waals surface area contributed by atoms with Crippen molar-refractivity contribution in [2.75, 3.05) is 33.7 Å². The number of nitrogens with one attached hydrogen (secondary N) is 1. The van der Waals surface area contributed by atoms with Gasteiger partial charge in [0, 0.05) is 26.1 Å². The Bertz CT molecular complexity index is 150. The van der Waals surface area contributed by atoms with Gasteiger partial charge in [-0.05, 0) is 14.1 Å². The van der Waals surface area contributed by atoms with Crippen molar-refractivity contribution < 1.29 is 9.90 Å². The molecule has 0 rings (SSSR count). The van der Waals surface area contributed by atoms with E-state index in [0.29, 0.717) is 26.1 Å². The third-order valence-electron chi connectivity index (χ3n) is 1.50. The van der Waals surface area contributed by atoms with Crippen LogP contribution >= 0.6 is 0 Å². The Morgan fingerprint density at radius 3 is 2.69 bits per heavy atom. The molecular weight excluding hydrogens is 170 g/mol. The van der Waals surface area contributed by atoms with Crippen LogP contribution in [0.1, 0.15) is 6.42 Å². The van der Waals surface area contributed by atoms with Crippen molar-refractivity contribution in [3.63, 3.8) is 0 Å². The number of rotatable bonds is 7. The third kappa shape index (κ3) is 9.26. The molecule has 0 aromatic heterocycles. The Morgan fingerprint density at radius 1 is 1.62 bits per heavy atom. The van der Waals surface area contributed by atoms with Gasteiger partial charge in [0.2, 0.25) is 5.91 Å². The van der Waals surface area contributed by atoms with E-state index >= 15 is 0 Å². The van der Waals surface area contributed by atoms with Crippen molar-refractivity contribution in [1.82, 2.24) is 10.2 Å². The van der Waals surface area contributed by atoms with Gasteiger partial charge in [-0.2, -0.15) is 0 Å². The summed E-state index contributed by atoms with van der Waals surface area (Å²) in [6.45, 7) is 1.63. The summed E-state index contributed by atoms with van der Waals surface area (Å²) >= 11 is 0. The Labute approximate surface area is 78.9 Å². The zero-order valence-electron chi connectivity index (χ0n) is 8.29. The van der Waals surface area contributed by atoms with Gasteiger partial charge in [0.05, 0.1) is 6.10 Å². The Kier molecular flexibility index (Phi) is 6.48. The van der Waals surface area contributed by atoms with Gasteiger partial charge in [-0.25, -0.2) is 0 Å². The van der Waals surface area contributed by atoms with E-state index in [2.05, 4.69) is 5.32 Å². The molecule has 0 spiro atoms. The predicted molar refractivity (Wildman–Crippen MR) is 51.2 cm³/mol. The minimum Gasteiger partial charge on any atom is -0.390 e. The number of carbonyl (C=O) groups is 1. The molecule has 0 aliphatic rings. The van der Waals surface area contributed by atoms with Crippen molar-refractivity contribution in [2.24, 2.45) is 5.73 Å². The van der Waals surface area contributed by atoms with Crippen LogP contribution in [0.5, 0.6) is 0 Å². The number of nitrogens with two attached hydrogens (primary N) is 1. The molecule has 1 amide bonds. The summed E-state index contributed by atoms with van der Waals surface area (Å²) in [5.41, 5.74) is 4.94. The number of hydrogen-bond donors (Lipinski definition) is 3. The van der Waals surface area contributed by atoms with E-state index in [1.165, 1.54) is 0 Å². The average Bonchev–Trinajstić information content (AvgIpc) is 1.96. The van der Waals surface area contributed by atoms with Crippen LogP contribution in [0.3, 0.4) is 0 Å². The lowest BCUT2D eigenvalue weighted by atomic mass is 10.3. The van der Waals surface area contributed by atoms with Crippen molar-refractivity contribution in [3.05, 3.63) is 0 Å². The molecule has 5 heteroatoms. The van der Waals surface area contributed by atoms with E-state index in [1.54, 1.807) is 0 Å². The fourth-order valence-corrected chi connectivity index (χ4v) is 0.966. The van der Waals surface area contributed by atoms with Gasteiger partial charge in [0.25, 0.3) is 0 Å². The van der Waals surface area contributed by atoms with Crippen LogP contribution in [0.15, 0.2) is 0 Å². The van der Waals surface area contributed by atoms with Crippen LogP contribution in [0.2, 0.25) is 0 Å². The Morgan fingerprint density at radius 2 is 2.23 bits per heavy atom. The molecule has 0 aliphatic heterocycles. The van der Waals surface area contributed by atoms with Gasteiger partial charge in [-0.15, -0.1) is 0 Å². The highest BCUT2D eigenvalue weighted by atomic mass is 16.3. The van der Waals surface area contributed by atoms with Crippen LogP contribution in [0.25, 0.3) is 0 Å². The zero-order chi connectivity index (χ0) is 10.3. The molecule has 0 saturated carbocycles. The standard InChI is InChI=1S/C8H19N3O2/c1-11(2)6-7(12)5-10-4-3-8(9)13/h7,10,12H,3-6H2,1-2H3,(H2,9,13). The molecule has 0 saturated heterocycles. The lowest BCUT2D eigenvalue weighted by molar-refractivity contribution is -0.117. The quantitative estimate of drug-likeness (QED) is 0.420. The fraction of sp³-hybridized carbons (Fsp3) is 0.875.